The molecule has 7 heteroatoms. The molecule has 2 aromatic carbocycles. The van der Waals surface area contributed by atoms with Gasteiger partial charge in [-0.15, -0.1) is 0 Å². The Morgan fingerprint density at radius 3 is 2.55 bits per heavy atom. The molecule has 1 amide bonds. The smallest absolute Gasteiger partial charge is 0.296 e. The lowest BCUT2D eigenvalue weighted by Crippen LogP contribution is -2.15. The maximum Gasteiger partial charge on any atom is 0.296 e. The number of phenolic OH excluding ortho intramolecular Hbond substituents is 1. The summed E-state index contributed by atoms with van der Waals surface area (Å²) in [7, 11) is 1.54. The summed E-state index contributed by atoms with van der Waals surface area (Å²) >= 11 is 0. The van der Waals surface area contributed by atoms with Crippen LogP contribution in [0.2, 0.25) is 0 Å². The summed E-state index contributed by atoms with van der Waals surface area (Å²) in [5.41, 5.74) is 0.158. The molecule has 2 rings (SSSR count). The highest BCUT2D eigenvalue weighted by atomic mass is 16.6. The van der Waals surface area contributed by atoms with E-state index in [4.69, 9.17) is 4.74 Å². The summed E-state index contributed by atoms with van der Waals surface area (Å²) in [6.45, 7) is 0. The van der Waals surface area contributed by atoms with E-state index in [1.165, 1.54) is 18.2 Å². The number of nitrogens with one attached hydrogen (secondary N) is 1. The number of nitro benzene ring substituents is 1. The Morgan fingerprint density at radius 2 is 1.95 bits per heavy atom. The molecule has 2 aromatic rings. The molecule has 0 aliphatic rings. The van der Waals surface area contributed by atoms with Gasteiger partial charge in [-0.1, -0.05) is 18.2 Å². The Morgan fingerprint density at radius 1 is 1.27 bits per heavy atom. The number of nitro groups is 1. The molecular weight excluding hydrogens is 288 g/mol. The first-order chi connectivity index (χ1) is 10.5. The molecular formula is C15H14N2O5. The average Bonchev–Trinajstić information content (AvgIpc) is 2.49. The number of methoxy groups -OCH3 is 1. The van der Waals surface area contributed by atoms with Gasteiger partial charge in [-0.05, 0) is 23.8 Å². The van der Waals surface area contributed by atoms with E-state index in [9.17, 15) is 20.0 Å². The van der Waals surface area contributed by atoms with Crippen LogP contribution in [0, 0.1) is 10.1 Å². The Balaban J connectivity index is 2.13. The molecule has 0 aromatic heterocycles. The molecule has 2 N–H and O–H groups in total. The third kappa shape index (κ3) is 3.51. The molecule has 7 nitrogen and oxygen atoms in total. The third-order valence-corrected chi connectivity index (χ3v) is 3.01. The molecule has 0 spiro atoms. The zero-order valence-corrected chi connectivity index (χ0v) is 11.8. The molecule has 0 fully saturated rings. The van der Waals surface area contributed by atoms with Crippen LogP contribution < -0.4 is 10.1 Å². The minimum atomic E-state index is -0.664. The largest absolute Gasteiger partial charge is 0.505 e. The number of benzene rings is 2. The van der Waals surface area contributed by atoms with Gasteiger partial charge in [0.15, 0.2) is 5.69 Å². The molecule has 114 valence electrons. The van der Waals surface area contributed by atoms with Crippen LogP contribution in [-0.2, 0) is 11.2 Å². The first kappa shape index (κ1) is 15.3. The van der Waals surface area contributed by atoms with Crippen molar-refractivity contribution in [1.82, 2.24) is 0 Å². The molecule has 0 saturated heterocycles. The molecule has 0 heterocycles. The first-order valence-electron chi connectivity index (χ1n) is 6.40. The molecule has 0 saturated carbocycles. The van der Waals surface area contributed by atoms with E-state index < -0.39 is 10.8 Å². The van der Waals surface area contributed by atoms with E-state index in [1.807, 2.05) is 0 Å². The minimum Gasteiger partial charge on any atom is -0.505 e. The Hall–Kier alpha value is -3.09. The van der Waals surface area contributed by atoms with Gasteiger partial charge < -0.3 is 15.2 Å². The maximum absolute atomic E-state index is 12.0. The van der Waals surface area contributed by atoms with Crippen molar-refractivity contribution in [3.8, 4) is 11.5 Å². The van der Waals surface area contributed by atoms with Gasteiger partial charge in [0.05, 0.1) is 18.5 Å². The number of aromatic hydroxyl groups is 1. The second-order valence-electron chi connectivity index (χ2n) is 4.50. The van der Waals surface area contributed by atoms with Crippen LogP contribution >= 0.6 is 0 Å². The number of anilines is 1. The van der Waals surface area contributed by atoms with E-state index in [0.717, 1.165) is 5.56 Å². The Labute approximate surface area is 126 Å². The van der Waals surface area contributed by atoms with Gasteiger partial charge in [-0.2, -0.15) is 0 Å². The van der Waals surface area contributed by atoms with Crippen LogP contribution in [0.15, 0.2) is 42.5 Å². The standard InChI is InChI=1S/C15H14N2O5/c1-22-11-7-5-10(6-8-11)9-14(19)16-15-12(17(20)21)3-2-4-13(15)18/h2-8,18H,9H2,1H3,(H,16,19). The van der Waals surface area contributed by atoms with E-state index in [-0.39, 0.29) is 23.5 Å². The van der Waals surface area contributed by atoms with Crippen molar-refractivity contribution in [2.24, 2.45) is 0 Å². The normalized spacial score (nSPS) is 10.0. The molecule has 0 aliphatic carbocycles. The van der Waals surface area contributed by atoms with Crippen molar-refractivity contribution in [3.05, 3.63) is 58.1 Å². The van der Waals surface area contributed by atoms with Crippen molar-refractivity contribution in [2.75, 3.05) is 12.4 Å². The lowest BCUT2D eigenvalue weighted by Gasteiger charge is -2.08. The highest BCUT2D eigenvalue weighted by Crippen LogP contribution is 2.33. The van der Waals surface area contributed by atoms with Gasteiger partial charge in [0.1, 0.15) is 11.5 Å². The summed E-state index contributed by atoms with van der Waals surface area (Å²) in [4.78, 5) is 22.2. The number of ether oxygens (including phenoxy) is 1. The number of hydrogen-bond acceptors (Lipinski definition) is 5. The van der Waals surface area contributed by atoms with Gasteiger partial charge in [0, 0.05) is 6.07 Å². The van der Waals surface area contributed by atoms with E-state index >= 15 is 0 Å². The number of phenols is 1. The predicted octanol–water partition coefficient (Wildman–Crippen LogP) is 2.49. The lowest BCUT2D eigenvalue weighted by molar-refractivity contribution is -0.384. The van der Waals surface area contributed by atoms with Gasteiger partial charge in [0.2, 0.25) is 5.91 Å². The van der Waals surface area contributed by atoms with Gasteiger partial charge in [-0.3, -0.25) is 14.9 Å². The number of nitrogens with zero attached hydrogens (tertiary/aromatic N) is 1. The second kappa shape index (κ2) is 6.57. The minimum absolute atomic E-state index is 0.0233. The number of amides is 1. The molecule has 0 radical (unpaired) electrons. The fourth-order valence-corrected chi connectivity index (χ4v) is 1.92. The average molecular weight is 302 g/mol. The van der Waals surface area contributed by atoms with Crippen molar-refractivity contribution in [3.63, 3.8) is 0 Å². The molecule has 0 aliphatic heterocycles. The molecule has 0 atom stereocenters. The van der Waals surface area contributed by atoms with Crippen LogP contribution in [0.5, 0.6) is 11.5 Å². The zero-order valence-electron chi connectivity index (χ0n) is 11.8. The lowest BCUT2D eigenvalue weighted by atomic mass is 10.1. The Bertz CT molecular complexity index is 698. The van der Waals surface area contributed by atoms with Crippen molar-refractivity contribution < 1.29 is 19.6 Å². The fraction of sp³-hybridized carbons (Fsp3) is 0.133. The number of hydrogen-bond donors (Lipinski definition) is 2. The van der Waals surface area contributed by atoms with Crippen LogP contribution in [0.4, 0.5) is 11.4 Å². The summed E-state index contributed by atoms with van der Waals surface area (Å²) < 4.78 is 5.02. The SMILES string of the molecule is COc1ccc(CC(=O)Nc2c(O)cccc2[N+](=O)[O-])cc1. The van der Waals surface area contributed by atoms with Crippen LogP contribution in [-0.4, -0.2) is 23.0 Å². The third-order valence-electron chi connectivity index (χ3n) is 3.01. The highest BCUT2D eigenvalue weighted by molar-refractivity contribution is 5.96. The van der Waals surface area contributed by atoms with Gasteiger partial charge >= 0.3 is 0 Å². The molecule has 0 bridgehead atoms. The van der Waals surface area contributed by atoms with Crippen molar-refractivity contribution >= 4 is 17.3 Å². The number of carbonyl (C=O) groups excluding carboxylic acids is 1. The highest BCUT2D eigenvalue weighted by Gasteiger charge is 2.19. The number of rotatable bonds is 5. The van der Waals surface area contributed by atoms with Gasteiger partial charge in [0.25, 0.3) is 5.69 Å². The summed E-state index contributed by atoms with van der Waals surface area (Å²) in [5, 5.41) is 23.0. The molecule has 22 heavy (non-hydrogen) atoms. The number of carbonyl (C=O) groups is 1. The van der Waals surface area contributed by atoms with Crippen LogP contribution in [0.3, 0.4) is 0 Å². The van der Waals surface area contributed by atoms with E-state index in [2.05, 4.69) is 5.32 Å². The second-order valence-corrected chi connectivity index (χ2v) is 4.50. The van der Waals surface area contributed by atoms with E-state index in [1.54, 1.807) is 31.4 Å². The Kier molecular flexibility index (Phi) is 4.57. The monoisotopic (exact) mass is 302 g/mol. The van der Waals surface area contributed by atoms with E-state index in [0.29, 0.717) is 5.75 Å². The summed E-state index contributed by atoms with van der Waals surface area (Å²) in [5.74, 6) is -0.146. The fourth-order valence-electron chi connectivity index (χ4n) is 1.92. The van der Waals surface area contributed by atoms with Crippen molar-refractivity contribution in [2.45, 2.75) is 6.42 Å². The maximum atomic E-state index is 12.0. The summed E-state index contributed by atoms with van der Waals surface area (Å²) in [6.07, 6.45) is 0.0233. The summed E-state index contributed by atoms with van der Waals surface area (Å²) in [6, 6.07) is 10.7. The van der Waals surface area contributed by atoms with Crippen LogP contribution in [0.1, 0.15) is 5.56 Å². The topological polar surface area (TPSA) is 102 Å². The zero-order chi connectivity index (χ0) is 16.1. The van der Waals surface area contributed by atoms with Crippen molar-refractivity contribution in [1.29, 1.82) is 0 Å². The first-order valence-corrected chi connectivity index (χ1v) is 6.40. The van der Waals surface area contributed by atoms with Crippen LogP contribution in [0.25, 0.3) is 0 Å². The quantitative estimate of drug-likeness (QED) is 0.502. The molecule has 0 unspecified atom stereocenters. The van der Waals surface area contributed by atoms with Gasteiger partial charge in [-0.25, -0.2) is 0 Å². The predicted molar refractivity (Wildman–Crippen MR) is 80.1 cm³/mol. The number of para-hydroxylation sites is 1.